The quantitative estimate of drug-likeness (QED) is 0.607. The van der Waals surface area contributed by atoms with Gasteiger partial charge in [-0.1, -0.05) is 6.92 Å². The van der Waals surface area contributed by atoms with Gasteiger partial charge in [0.05, 0.1) is 12.4 Å². The van der Waals surface area contributed by atoms with Crippen molar-refractivity contribution in [1.82, 2.24) is 0 Å². The molecule has 13 heavy (non-hydrogen) atoms. The Morgan fingerprint density at radius 3 is 2.54 bits per heavy atom. The van der Waals surface area contributed by atoms with Crippen LogP contribution in [-0.4, -0.2) is 39.7 Å². The van der Waals surface area contributed by atoms with Crippen LogP contribution in [0.5, 0.6) is 0 Å². The third-order valence-corrected chi connectivity index (χ3v) is 2.52. The zero-order valence-corrected chi connectivity index (χ0v) is 9.14. The highest BCUT2D eigenvalue weighted by atomic mass is 32.2. The van der Waals surface area contributed by atoms with Crippen molar-refractivity contribution < 1.29 is 13.2 Å². The van der Waals surface area contributed by atoms with Gasteiger partial charge in [-0.2, -0.15) is 0 Å². The lowest BCUT2D eigenvalue weighted by Crippen LogP contribution is -2.28. The predicted octanol–water partition coefficient (Wildman–Crippen LogP) is 0.175. The highest BCUT2D eigenvalue weighted by Gasteiger charge is 2.07. The first kappa shape index (κ1) is 12.9. The van der Waals surface area contributed by atoms with E-state index in [0.29, 0.717) is 19.6 Å². The van der Waals surface area contributed by atoms with Crippen LogP contribution in [-0.2, 0) is 14.6 Å². The molecule has 0 aliphatic rings. The molecule has 0 aliphatic carbocycles. The Labute approximate surface area is 80.4 Å². The average molecular weight is 209 g/mol. The molecule has 1 unspecified atom stereocenters. The van der Waals surface area contributed by atoms with Crippen molar-refractivity contribution in [2.45, 2.75) is 25.8 Å². The molecule has 4 nitrogen and oxygen atoms in total. The lowest BCUT2D eigenvalue weighted by Gasteiger charge is -2.10. The largest absolute Gasteiger partial charge is 0.380 e. The minimum Gasteiger partial charge on any atom is -0.380 e. The molecule has 0 aromatic carbocycles. The summed E-state index contributed by atoms with van der Waals surface area (Å²) >= 11 is 0. The summed E-state index contributed by atoms with van der Waals surface area (Å²) < 4.78 is 26.7. The summed E-state index contributed by atoms with van der Waals surface area (Å²) in [5, 5.41) is 0. The molecule has 0 spiro atoms. The first-order valence-corrected chi connectivity index (χ1v) is 6.53. The highest BCUT2D eigenvalue weighted by molar-refractivity contribution is 7.90. The molecule has 0 aliphatic heterocycles. The van der Waals surface area contributed by atoms with Gasteiger partial charge in [0.1, 0.15) is 9.84 Å². The van der Waals surface area contributed by atoms with Crippen LogP contribution in [0.3, 0.4) is 0 Å². The van der Waals surface area contributed by atoms with E-state index in [0.717, 1.165) is 6.42 Å². The Morgan fingerprint density at radius 2 is 2.08 bits per heavy atom. The molecule has 0 amide bonds. The van der Waals surface area contributed by atoms with Crippen molar-refractivity contribution in [3.63, 3.8) is 0 Å². The number of hydrogen-bond donors (Lipinski definition) is 1. The molecular weight excluding hydrogens is 190 g/mol. The molecule has 80 valence electrons. The molecule has 0 heterocycles. The fraction of sp³-hybridized carbons (Fsp3) is 1.00. The summed E-state index contributed by atoms with van der Waals surface area (Å²) in [6.45, 7) is 3.15. The molecule has 0 saturated heterocycles. The van der Waals surface area contributed by atoms with Crippen LogP contribution in [0.4, 0.5) is 0 Å². The fourth-order valence-electron chi connectivity index (χ4n) is 0.828. The van der Waals surface area contributed by atoms with E-state index in [1.54, 1.807) is 0 Å². The number of nitrogens with two attached hydrogens (primary N) is 1. The number of ether oxygens (including phenoxy) is 1. The van der Waals surface area contributed by atoms with Crippen molar-refractivity contribution in [3.05, 3.63) is 0 Å². The SMILES string of the molecule is CCCOCC(N)CCS(C)(=O)=O. The van der Waals surface area contributed by atoms with Gasteiger partial charge in [0.15, 0.2) is 0 Å². The smallest absolute Gasteiger partial charge is 0.147 e. The van der Waals surface area contributed by atoms with E-state index in [1.165, 1.54) is 6.26 Å². The van der Waals surface area contributed by atoms with E-state index in [-0.39, 0.29) is 11.8 Å². The summed E-state index contributed by atoms with van der Waals surface area (Å²) in [7, 11) is -2.89. The van der Waals surface area contributed by atoms with Crippen LogP contribution in [0.1, 0.15) is 19.8 Å². The van der Waals surface area contributed by atoms with Gasteiger partial charge in [-0.05, 0) is 12.8 Å². The first-order chi connectivity index (χ1) is 5.95. The maximum Gasteiger partial charge on any atom is 0.147 e. The van der Waals surface area contributed by atoms with E-state index in [2.05, 4.69) is 0 Å². The third kappa shape index (κ3) is 9.79. The fourth-order valence-corrected chi connectivity index (χ4v) is 1.56. The second-order valence-electron chi connectivity index (χ2n) is 3.25. The second-order valence-corrected chi connectivity index (χ2v) is 5.51. The monoisotopic (exact) mass is 209 g/mol. The van der Waals surface area contributed by atoms with Gasteiger partial charge in [-0.3, -0.25) is 0 Å². The lowest BCUT2D eigenvalue weighted by atomic mass is 10.3. The Bertz CT molecular complexity index is 213. The molecule has 5 heteroatoms. The van der Waals surface area contributed by atoms with Crippen LogP contribution in [0.25, 0.3) is 0 Å². The van der Waals surface area contributed by atoms with Gasteiger partial charge in [0.25, 0.3) is 0 Å². The predicted molar refractivity (Wildman–Crippen MR) is 53.4 cm³/mol. The van der Waals surface area contributed by atoms with E-state index in [1.807, 2.05) is 6.92 Å². The van der Waals surface area contributed by atoms with Crippen molar-refractivity contribution in [2.24, 2.45) is 5.73 Å². The summed E-state index contributed by atoms with van der Waals surface area (Å²) in [6, 6.07) is -0.165. The Balaban J connectivity index is 3.46. The van der Waals surface area contributed by atoms with Crippen LogP contribution in [0, 0.1) is 0 Å². The number of rotatable bonds is 7. The molecule has 0 aromatic heterocycles. The lowest BCUT2D eigenvalue weighted by molar-refractivity contribution is 0.120. The van der Waals surface area contributed by atoms with Gasteiger partial charge in [0.2, 0.25) is 0 Å². The summed E-state index contributed by atoms with van der Waals surface area (Å²) in [5.41, 5.74) is 5.63. The topological polar surface area (TPSA) is 69.4 Å². The highest BCUT2D eigenvalue weighted by Crippen LogP contribution is 1.95. The van der Waals surface area contributed by atoms with Crippen molar-refractivity contribution >= 4 is 9.84 Å². The van der Waals surface area contributed by atoms with Crippen molar-refractivity contribution in [1.29, 1.82) is 0 Å². The van der Waals surface area contributed by atoms with Crippen LogP contribution in [0.15, 0.2) is 0 Å². The molecular formula is C8H19NO3S. The second kappa shape index (κ2) is 6.34. The van der Waals surface area contributed by atoms with Crippen molar-refractivity contribution in [3.8, 4) is 0 Å². The molecule has 0 aromatic rings. The molecule has 0 rings (SSSR count). The summed E-state index contributed by atoms with van der Waals surface area (Å²) in [4.78, 5) is 0. The number of hydrogen-bond acceptors (Lipinski definition) is 4. The minimum absolute atomic E-state index is 0.143. The average Bonchev–Trinajstić information content (AvgIpc) is 2.00. The molecule has 0 fully saturated rings. The van der Waals surface area contributed by atoms with Gasteiger partial charge in [0, 0.05) is 18.9 Å². The van der Waals surface area contributed by atoms with Gasteiger partial charge < -0.3 is 10.5 Å². The summed E-state index contributed by atoms with van der Waals surface area (Å²) in [6.07, 6.45) is 2.65. The standard InChI is InChI=1S/C8H19NO3S/c1-3-5-12-7-8(9)4-6-13(2,10)11/h8H,3-7,9H2,1-2H3. The van der Waals surface area contributed by atoms with Gasteiger partial charge in [-0.15, -0.1) is 0 Å². The van der Waals surface area contributed by atoms with Gasteiger partial charge >= 0.3 is 0 Å². The van der Waals surface area contributed by atoms with E-state index in [4.69, 9.17) is 10.5 Å². The zero-order valence-electron chi connectivity index (χ0n) is 8.32. The molecule has 0 saturated carbocycles. The van der Waals surface area contributed by atoms with E-state index >= 15 is 0 Å². The normalized spacial score (nSPS) is 14.4. The molecule has 1 atom stereocenters. The molecule has 0 radical (unpaired) electrons. The van der Waals surface area contributed by atoms with Crippen LogP contribution in [0.2, 0.25) is 0 Å². The zero-order chi connectivity index (χ0) is 10.3. The molecule has 0 bridgehead atoms. The molecule has 2 N–H and O–H groups in total. The Morgan fingerprint density at radius 1 is 1.46 bits per heavy atom. The maximum absolute atomic E-state index is 10.8. The maximum atomic E-state index is 10.8. The minimum atomic E-state index is -2.89. The van der Waals surface area contributed by atoms with Crippen molar-refractivity contribution in [2.75, 3.05) is 25.2 Å². The first-order valence-electron chi connectivity index (χ1n) is 4.46. The third-order valence-electron chi connectivity index (χ3n) is 1.54. The van der Waals surface area contributed by atoms with Crippen LogP contribution < -0.4 is 5.73 Å². The van der Waals surface area contributed by atoms with Gasteiger partial charge in [-0.25, -0.2) is 8.42 Å². The van der Waals surface area contributed by atoms with E-state index < -0.39 is 9.84 Å². The van der Waals surface area contributed by atoms with Crippen LogP contribution >= 0.6 is 0 Å². The summed E-state index contributed by atoms with van der Waals surface area (Å²) in [5.74, 6) is 0.143. The Hall–Kier alpha value is -0.130. The Kier molecular flexibility index (Phi) is 6.28. The number of sulfone groups is 1. The van der Waals surface area contributed by atoms with E-state index in [9.17, 15) is 8.42 Å².